The smallest absolute Gasteiger partial charge is 0.269 e. The molecule has 9 heteroatoms. The van der Waals surface area contributed by atoms with E-state index < -0.39 is 5.82 Å². The van der Waals surface area contributed by atoms with Crippen LogP contribution < -0.4 is 10.6 Å². The highest BCUT2D eigenvalue weighted by Gasteiger charge is 2.18. The zero-order valence-corrected chi connectivity index (χ0v) is 16.2. The van der Waals surface area contributed by atoms with Crippen molar-refractivity contribution in [3.8, 4) is 11.4 Å². The summed E-state index contributed by atoms with van der Waals surface area (Å²) in [6.07, 6.45) is 4.22. The molecule has 0 bridgehead atoms. The van der Waals surface area contributed by atoms with E-state index in [2.05, 4.69) is 30.6 Å². The summed E-state index contributed by atoms with van der Waals surface area (Å²) in [5.41, 5.74) is 1.64. The highest BCUT2D eigenvalue weighted by molar-refractivity contribution is 5.92. The Morgan fingerprint density at radius 2 is 1.96 bits per heavy atom. The summed E-state index contributed by atoms with van der Waals surface area (Å²) in [4.78, 5) is 28.5. The van der Waals surface area contributed by atoms with Gasteiger partial charge in [0.05, 0.1) is 30.0 Å². The van der Waals surface area contributed by atoms with Gasteiger partial charge in [-0.15, -0.1) is 0 Å². The Morgan fingerprint density at radius 3 is 2.61 bits per heavy atom. The van der Waals surface area contributed by atoms with Gasteiger partial charge in [-0.2, -0.15) is 0 Å². The molecule has 3 aromatic rings. The molecule has 0 fully saturated rings. The molecule has 2 N–H and O–H groups in total. The minimum Gasteiger partial charge on any atom is -0.351 e. The van der Waals surface area contributed by atoms with E-state index in [0.717, 1.165) is 12.0 Å². The number of carbonyl (C=O) groups is 1. The Balaban J connectivity index is 1.87. The summed E-state index contributed by atoms with van der Waals surface area (Å²) in [6.45, 7) is 8.23. The van der Waals surface area contributed by atoms with E-state index in [0.29, 0.717) is 23.6 Å². The largest absolute Gasteiger partial charge is 0.351 e. The predicted octanol–water partition coefficient (Wildman–Crippen LogP) is 3.26. The molecule has 28 heavy (non-hydrogen) atoms. The Morgan fingerprint density at radius 1 is 1.18 bits per heavy atom. The van der Waals surface area contributed by atoms with Crippen molar-refractivity contribution in [3.63, 3.8) is 0 Å². The molecule has 0 saturated heterocycles. The summed E-state index contributed by atoms with van der Waals surface area (Å²) in [5.74, 6) is 0.226. The van der Waals surface area contributed by atoms with E-state index in [1.165, 1.54) is 6.20 Å². The molecule has 0 unspecified atom stereocenters. The first-order valence-corrected chi connectivity index (χ1v) is 8.98. The molecule has 0 spiro atoms. The number of anilines is 2. The van der Waals surface area contributed by atoms with Crippen LogP contribution in [0.25, 0.3) is 11.4 Å². The first-order chi connectivity index (χ1) is 13.4. The normalized spacial score (nSPS) is 10.9. The van der Waals surface area contributed by atoms with E-state index in [9.17, 15) is 9.18 Å². The van der Waals surface area contributed by atoms with Crippen LogP contribution in [0.5, 0.6) is 0 Å². The number of rotatable bonds is 6. The predicted molar refractivity (Wildman–Crippen MR) is 104 cm³/mol. The Labute approximate surface area is 162 Å². The van der Waals surface area contributed by atoms with E-state index >= 15 is 0 Å². The zero-order valence-electron chi connectivity index (χ0n) is 16.2. The van der Waals surface area contributed by atoms with Gasteiger partial charge in [0.1, 0.15) is 17.2 Å². The topological polar surface area (TPSA) is 97.6 Å². The molecule has 1 amide bonds. The molecule has 3 rings (SSSR count). The van der Waals surface area contributed by atoms with Gasteiger partial charge in [-0.05, 0) is 39.8 Å². The van der Waals surface area contributed by atoms with Crippen molar-refractivity contribution in [1.82, 2.24) is 29.8 Å². The molecular formula is C19H22FN7O. The number of nitrogens with one attached hydrogen (secondary N) is 2. The second kappa shape index (κ2) is 8.12. The zero-order chi connectivity index (χ0) is 20.3. The summed E-state index contributed by atoms with van der Waals surface area (Å²) in [7, 11) is 0. The van der Waals surface area contributed by atoms with Crippen LogP contribution in [0.1, 0.15) is 43.1 Å². The second-order valence-corrected chi connectivity index (χ2v) is 6.46. The van der Waals surface area contributed by atoms with Crippen LogP contribution in [0.4, 0.5) is 16.0 Å². The number of nitrogens with zero attached hydrogens (tertiary/aromatic N) is 5. The monoisotopic (exact) mass is 383 g/mol. The Bertz CT molecular complexity index is 982. The standard InChI is InChI=1S/C19H22FN7O/c1-5-21-18(28)15-7-6-13(8-23-15)25-19-24-9-14(20)17(26-19)16-10-22-12(4)27(16)11(2)3/h6-11H,5H2,1-4H3,(H,21,28)(H,24,25,26). The quantitative estimate of drug-likeness (QED) is 0.678. The van der Waals surface area contributed by atoms with Crippen molar-refractivity contribution in [3.05, 3.63) is 48.1 Å². The molecule has 0 saturated carbocycles. The number of hydrogen-bond donors (Lipinski definition) is 2. The van der Waals surface area contributed by atoms with Crippen LogP contribution in [-0.2, 0) is 0 Å². The van der Waals surface area contributed by atoms with E-state index in [1.54, 1.807) is 18.3 Å². The molecule has 0 atom stereocenters. The Hall–Kier alpha value is -3.36. The fourth-order valence-corrected chi connectivity index (χ4v) is 2.87. The van der Waals surface area contributed by atoms with Gasteiger partial charge in [0.25, 0.3) is 5.91 Å². The molecule has 3 aromatic heterocycles. The first-order valence-electron chi connectivity index (χ1n) is 8.98. The third-order valence-electron chi connectivity index (χ3n) is 4.07. The fourth-order valence-electron chi connectivity index (χ4n) is 2.87. The van der Waals surface area contributed by atoms with Crippen LogP contribution in [0.15, 0.2) is 30.7 Å². The molecule has 0 aromatic carbocycles. The highest BCUT2D eigenvalue weighted by atomic mass is 19.1. The van der Waals surface area contributed by atoms with Gasteiger partial charge in [-0.3, -0.25) is 4.79 Å². The minimum absolute atomic E-state index is 0.106. The number of carbonyl (C=O) groups excluding carboxylic acids is 1. The summed E-state index contributed by atoms with van der Waals surface area (Å²) < 4.78 is 16.3. The average molecular weight is 383 g/mol. The number of hydrogen-bond acceptors (Lipinski definition) is 6. The fraction of sp³-hybridized carbons (Fsp3) is 0.316. The lowest BCUT2D eigenvalue weighted by atomic mass is 10.2. The third-order valence-corrected chi connectivity index (χ3v) is 4.07. The van der Waals surface area contributed by atoms with Gasteiger partial charge in [0, 0.05) is 12.6 Å². The van der Waals surface area contributed by atoms with Gasteiger partial charge in [-0.25, -0.2) is 24.3 Å². The maximum absolute atomic E-state index is 14.4. The van der Waals surface area contributed by atoms with Gasteiger partial charge >= 0.3 is 0 Å². The lowest BCUT2D eigenvalue weighted by Crippen LogP contribution is -2.23. The Kier molecular flexibility index (Phi) is 5.62. The van der Waals surface area contributed by atoms with Crippen LogP contribution in [-0.4, -0.2) is 37.0 Å². The van der Waals surface area contributed by atoms with Crippen molar-refractivity contribution in [2.45, 2.75) is 33.7 Å². The van der Waals surface area contributed by atoms with Crippen molar-refractivity contribution < 1.29 is 9.18 Å². The van der Waals surface area contributed by atoms with Crippen molar-refractivity contribution in [1.29, 1.82) is 0 Å². The number of aryl methyl sites for hydroxylation is 1. The molecule has 0 aliphatic carbocycles. The lowest BCUT2D eigenvalue weighted by molar-refractivity contribution is 0.0951. The van der Waals surface area contributed by atoms with Crippen LogP contribution >= 0.6 is 0 Å². The van der Waals surface area contributed by atoms with E-state index in [1.807, 2.05) is 32.3 Å². The summed E-state index contributed by atoms with van der Waals surface area (Å²) >= 11 is 0. The molecule has 0 aliphatic heterocycles. The maximum Gasteiger partial charge on any atom is 0.269 e. The van der Waals surface area contributed by atoms with Crippen LogP contribution in [0, 0.1) is 12.7 Å². The SMILES string of the molecule is CCNC(=O)c1ccc(Nc2ncc(F)c(-c3cnc(C)n3C(C)C)n2)cn1. The minimum atomic E-state index is -0.531. The molecular weight excluding hydrogens is 361 g/mol. The maximum atomic E-state index is 14.4. The number of pyridine rings is 1. The first kappa shape index (κ1) is 19.4. The molecule has 3 heterocycles. The van der Waals surface area contributed by atoms with E-state index in [-0.39, 0.29) is 23.6 Å². The molecule has 0 radical (unpaired) electrons. The highest BCUT2D eigenvalue weighted by Crippen LogP contribution is 2.26. The average Bonchev–Trinajstić information content (AvgIpc) is 3.05. The molecule has 8 nitrogen and oxygen atoms in total. The van der Waals surface area contributed by atoms with Gasteiger partial charge in [-0.1, -0.05) is 0 Å². The number of imidazole rings is 1. The van der Waals surface area contributed by atoms with Crippen LogP contribution in [0.3, 0.4) is 0 Å². The summed E-state index contributed by atoms with van der Waals surface area (Å²) in [5, 5.41) is 5.66. The van der Waals surface area contributed by atoms with E-state index in [4.69, 9.17) is 0 Å². The molecule has 0 aliphatic rings. The van der Waals surface area contributed by atoms with Crippen molar-refractivity contribution >= 4 is 17.5 Å². The third kappa shape index (κ3) is 3.98. The van der Waals surface area contributed by atoms with Gasteiger partial charge in [0.15, 0.2) is 5.82 Å². The number of halogens is 1. The van der Waals surface area contributed by atoms with Crippen molar-refractivity contribution in [2.24, 2.45) is 0 Å². The lowest BCUT2D eigenvalue weighted by Gasteiger charge is -2.14. The van der Waals surface area contributed by atoms with Gasteiger partial charge in [0.2, 0.25) is 5.95 Å². The number of amides is 1. The number of aromatic nitrogens is 5. The summed E-state index contributed by atoms with van der Waals surface area (Å²) in [6, 6.07) is 3.39. The molecule has 146 valence electrons. The van der Waals surface area contributed by atoms with Crippen molar-refractivity contribution in [2.75, 3.05) is 11.9 Å². The second-order valence-electron chi connectivity index (χ2n) is 6.46. The van der Waals surface area contributed by atoms with Gasteiger partial charge < -0.3 is 15.2 Å². The van der Waals surface area contributed by atoms with Crippen LogP contribution in [0.2, 0.25) is 0 Å².